The lowest BCUT2D eigenvalue weighted by molar-refractivity contribution is -0.150. The summed E-state index contributed by atoms with van der Waals surface area (Å²) < 4.78 is 19.0. The molecule has 2 fully saturated rings. The van der Waals surface area contributed by atoms with Crippen LogP contribution in [0.5, 0.6) is 0 Å². The SMILES string of the molecule is O=C(CCCc1nc(C2CC2)no1)N1CCC(F)(C(=O)O)C1. The molecule has 2 aliphatic rings. The van der Waals surface area contributed by atoms with Crippen LogP contribution in [0.2, 0.25) is 0 Å². The quantitative estimate of drug-likeness (QED) is 0.850. The number of aromatic nitrogens is 2. The maximum atomic E-state index is 13.9. The van der Waals surface area contributed by atoms with Gasteiger partial charge in [-0.1, -0.05) is 5.16 Å². The average Bonchev–Trinajstić information content (AvgIpc) is 3.08. The second-order valence-corrected chi connectivity index (χ2v) is 6.01. The lowest BCUT2D eigenvalue weighted by atomic mass is 10.1. The van der Waals surface area contributed by atoms with Crippen LogP contribution in [0.1, 0.15) is 49.7 Å². The van der Waals surface area contributed by atoms with Crippen LogP contribution in [-0.2, 0) is 16.0 Å². The Morgan fingerprint density at radius 1 is 1.45 bits per heavy atom. The van der Waals surface area contributed by atoms with Crippen molar-refractivity contribution < 1.29 is 23.6 Å². The van der Waals surface area contributed by atoms with E-state index in [-0.39, 0.29) is 31.8 Å². The number of rotatable bonds is 6. The summed E-state index contributed by atoms with van der Waals surface area (Å²) in [5, 5.41) is 12.7. The van der Waals surface area contributed by atoms with Crippen molar-refractivity contribution in [3.63, 3.8) is 0 Å². The molecule has 1 N–H and O–H groups in total. The van der Waals surface area contributed by atoms with E-state index in [2.05, 4.69) is 10.1 Å². The summed E-state index contributed by atoms with van der Waals surface area (Å²) in [7, 11) is 0. The molecule has 0 aromatic carbocycles. The van der Waals surface area contributed by atoms with E-state index >= 15 is 0 Å². The summed E-state index contributed by atoms with van der Waals surface area (Å²) in [5.74, 6) is -0.0487. The number of alkyl halides is 1. The number of aryl methyl sites for hydroxylation is 1. The van der Waals surface area contributed by atoms with Gasteiger partial charge in [-0.15, -0.1) is 0 Å². The highest BCUT2D eigenvalue weighted by molar-refractivity contribution is 5.82. The Hall–Kier alpha value is -1.99. The van der Waals surface area contributed by atoms with E-state index in [0.29, 0.717) is 24.7 Å². The van der Waals surface area contributed by atoms with E-state index in [1.165, 1.54) is 4.90 Å². The molecular formula is C14H18FN3O4. The number of carbonyl (C=O) groups excluding carboxylic acids is 1. The minimum atomic E-state index is -2.30. The highest BCUT2D eigenvalue weighted by Gasteiger charge is 2.46. The van der Waals surface area contributed by atoms with E-state index in [4.69, 9.17) is 9.63 Å². The highest BCUT2D eigenvalue weighted by atomic mass is 19.1. The van der Waals surface area contributed by atoms with Gasteiger partial charge in [0.25, 0.3) is 0 Å². The smallest absolute Gasteiger partial charge is 0.343 e. The first-order valence-electron chi connectivity index (χ1n) is 7.50. The standard InChI is InChI=1S/C14H18FN3O4/c15-14(13(20)21)6-7-18(8-14)11(19)3-1-2-10-16-12(17-22-10)9-4-5-9/h9H,1-8H2,(H,20,21). The predicted octanol–water partition coefficient (Wildman–Crippen LogP) is 1.29. The van der Waals surface area contributed by atoms with Gasteiger partial charge in [0.2, 0.25) is 17.5 Å². The first-order valence-corrected chi connectivity index (χ1v) is 7.50. The number of aliphatic carboxylic acids is 1. The zero-order valence-corrected chi connectivity index (χ0v) is 12.1. The normalized spacial score (nSPS) is 24.7. The topological polar surface area (TPSA) is 96.5 Å². The molecule has 120 valence electrons. The van der Waals surface area contributed by atoms with Crippen LogP contribution in [0.4, 0.5) is 4.39 Å². The fraction of sp³-hybridized carbons (Fsp3) is 0.714. The second-order valence-electron chi connectivity index (χ2n) is 6.01. The van der Waals surface area contributed by atoms with E-state index in [1.54, 1.807) is 0 Å². The van der Waals surface area contributed by atoms with Crippen molar-refractivity contribution in [2.45, 2.75) is 50.1 Å². The lowest BCUT2D eigenvalue weighted by Crippen LogP contribution is -2.38. The third kappa shape index (κ3) is 3.10. The monoisotopic (exact) mass is 311 g/mol. The van der Waals surface area contributed by atoms with Crippen molar-refractivity contribution in [3.05, 3.63) is 11.7 Å². The summed E-state index contributed by atoms with van der Waals surface area (Å²) in [6, 6.07) is 0. The Labute approximate surface area is 126 Å². The van der Waals surface area contributed by atoms with Crippen molar-refractivity contribution in [2.75, 3.05) is 13.1 Å². The summed E-state index contributed by atoms with van der Waals surface area (Å²) in [5.41, 5.74) is -2.30. The van der Waals surface area contributed by atoms with Crippen molar-refractivity contribution in [1.82, 2.24) is 15.0 Å². The largest absolute Gasteiger partial charge is 0.479 e. The molecule has 2 heterocycles. The molecule has 3 rings (SSSR count). The molecule has 1 unspecified atom stereocenters. The molecule has 1 saturated carbocycles. The Morgan fingerprint density at radius 2 is 2.23 bits per heavy atom. The van der Waals surface area contributed by atoms with Gasteiger partial charge in [0.05, 0.1) is 6.54 Å². The first kappa shape index (κ1) is 14.9. The molecular weight excluding hydrogens is 293 g/mol. The van der Waals surface area contributed by atoms with Gasteiger partial charge >= 0.3 is 5.97 Å². The molecule has 1 aromatic rings. The number of carboxylic acid groups (broad SMARTS) is 1. The van der Waals surface area contributed by atoms with Crippen LogP contribution in [0.15, 0.2) is 4.52 Å². The van der Waals surface area contributed by atoms with E-state index in [0.717, 1.165) is 18.7 Å². The molecule has 7 nitrogen and oxygen atoms in total. The van der Waals surface area contributed by atoms with E-state index in [9.17, 15) is 14.0 Å². The Bertz CT molecular complexity index is 586. The van der Waals surface area contributed by atoms with Gasteiger partial charge < -0.3 is 14.5 Å². The number of hydrogen-bond acceptors (Lipinski definition) is 5. The molecule has 8 heteroatoms. The van der Waals surface area contributed by atoms with E-state index in [1.807, 2.05) is 0 Å². The number of amides is 1. The number of carboxylic acids is 1. The second kappa shape index (κ2) is 5.66. The molecule has 0 bridgehead atoms. The van der Waals surface area contributed by atoms with Crippen molar-refractivity contribution in [1.29, 1.82) is 0 Å². The van der Waals surface area contributed by atoms with Gasteiger partial charge in [-0.25, -0.2) is 9.18 Å². The maximum Gasteiger partial charge on any atom is 0.343 e. The predicted molar refractivity (Wildman–Crippen MR) is 71.9 cm³/mol. The summed E-state index contributed by atoms with van der Waals surface area (Å²) in [6.45, 7) is -0.221. The third-order valence-electron chi connectivity index (χ3n) is 4.16. The molecule has 1 atom stereocenters. The lowest BCUT2D eigenvalue weighted by Gasteiger charge is -2.17. The maximum absolute atomic E-state index is 13.9. The fourth-order valence-electron chi connectivity index (χ4n) is 2.59. The third-order valence-corrected chi connectivity index (χ3v) is 4.16. The Kier molecular flexibility index (Phi) is 3.84. The number of hydrogen-bond donors (Lipinski definition) is 1. The number of likely N-dealkylation sites (tertiary alicyclic amines) is 1. The van der Waals surface area contributed by atoms with Crippen LogP contribution >= 0.6 is 0 Å². The fourth-order valence-corrected chi connectivity index (χ4v) is 2.59. The molecule has 1 aliphatic carbocycles. The minimum Gasteiger partial charge on any atom is -0.479 e. The van der Waals surface area contributed by atoms with E-state index < -0.39 is 11.6 Å². The van der Waals surface area contributed by atoms with Gasteiger partial charge in [0, 0.05) is 31.7 Å². The molecule has 1 aromatic heterocycles. The number of halogens is 1. The van der Waals surface area contributed by atoms with Gasteiger partial charge in [0.15, 0.2) is 5.82 Å². The zero-order valence-electron chi connectivity index (χ0n) is 12.1. The molecule has 22 heavy (non-hydrogen) atoms. The molecule has 1 aliphatic heterocycles. The first-order chi connectivity index (χ1) is 10.5. The van der Waals surface area contributed by atoms with Crippen molar-refractivity contribution >= 4 is 11.9 Å². The van der Waals surface area contributed by atoms with Crippen LogP contribution in [0.25, 0.3) is 0 Å². The minimum absolute atomic E-state index is 0.147. The van der Waals surface area contributed by atoms with Crippen LogP contribution in [0.3, 0.4) is 0 Å². The Balaban J connectivity index is 1.43. The molecule has 0 radical (unpaired) electrons. The highest BCUT2D eigenvalue weighted by Crippen LogP contribution is 2.38. The van der Waals surface area contributed by atoms with Gasteiger partial charge in [-0.05, 0) is 19.3 Å². The van der Waals surface area contributed by atoms with Crippen molar-refractivity contribution in [3.8, 4) is 0 Å². The Morgan fingerprint density at radius 3 is 2.86 bits per heavy atom. The average molecular weight is 311 g/mol. The summed E-state index contributed by atoms with van der Waals surface area (Å²) in [6.07, 6.45) is 3.29. The molecule has 1 saturated heterocycles. The van der Waals surface area contributed by atoms with Gasteiger partial charge in [-0.3, -0.25) is 4.79 Å². The molecule has 1 amide bonds. The van der Waals surface area contributed by atoms with Gasteiger partial charge in [-0.2, -0.15) is 4.98 Å². The van der Waals surface area contributed by atoms with Crippen LogP contribution < -0.4 is 0 Å². The van der Waals surface area contributed by atoms with Crippen LogP contribution in [-0.4, -0.2) is 50.8 Å². The molecule has 0 spiro atoms. The number of nitrogens with zero attached hydrogens (tertiary/aromatic N) is 3. The van der Waals surface area contributed by atoms with Crippen LogP contribution in [0, 0.1) is 0 Å². The van der Waals surface area contributed by atoms with Crippen molar-refractivity contribution in [2.24, 2.45) is 0 Å². The zero-order chi connectivity index (χ0) is 15.7. The summed E-state index contributed by atoms with van der Waals surface area (Å²) >= 11 is 0. The van der Waals surface area contributed by atoms with Gasteiger partial charge in [0.1, 0.15) is 0 Å². The number of carbonyl (C=O) groups is 2. The summed E-state index contributed by atoms with van der Waals surface area (Å²) in [4.78, 5) is 28.3.